The second-order valence-electron chi connectivity index (χ2n) is 3.79. The average molecular weight is 268 g/mol. The molecule has 0 aliphatic rings. The van der Waals surface area contributed by atoms with Crippen molar-refractivity contribution < 1.29 is 18.7 Å². The number of hydrogen-bond acceptors (Lipinski definition) is 4. The molecule has 0 bridgehead atoms. The molecule has 104 valence electrons. The van der Waals surface area contributed by atoms with Gasteiger partial charge in [0.2, 0.25) is 5.91 Å². The predicted octanol–water partition coefficient (Wildman–Crippen LogP) is 1.31. The zero-order chi connectivity index (χ0) is 14.1. The molecule has 5 nitrogen and oxygen atoms in total. The lowest BCUT2D eigenvalue weighted by molar-refractivity contribution is -0.143. The number of benzene rings is 1. The lowest BCUT2D eigenvalue weighted by Gasteiger charge is -2.06. The highest BCUT2D eigenvalue weighted by Crippen LogP contribution is 2.08. The summed E-state index contributed by atoms with van der Waals surface area (Å²) < 4.78 is 17.6. The third-order valence-corrected chi connectivity index (χ3v) is 2.21. The fourth-order valence-electron chi connectivity index (χ4n) is 1.40. The van der Waals surface area contributed by atoms with Crippen molar-refractivity contribution in [2.75, 3.05) is 25.0 Å². The van der Waals surface area contributed by atoms with E-state index < -0.39 is 5.82 Å². The van der Waals surface area contributed by atoms with Crippen LogP contribution in [0.1, 0.15) is 13.3 Å². The van der Waals surface area contributed by atoms with Crippen LogP contribution < -0.4 is 10.6 Å². The second-order valence-corrected chi connectivity index (χ2v) is 3.79. The van der Waals surface area contributed by atoms with Crippen LogP contribution in [0.25, 0.3) is 0 Å². The van der Waals surface area contributed by atoms with Crippen LogP contribution in [-0.4, -0.2) is 31.6 Å². The number of ether oxygens (including phenoxy) is 1. The standard InChI is InChI=1S/C13H17FN2O3/c1-2-19-13(18)6-7-15-9-12(17)16-11-5-3-4-10(14)8-11/h3-5,8,15H,2,6-7,9H2,1H3,(H,16,17). The van der Waals surface area contributed by atoms with E-state index in [1.165, 1.54) is 18.2 Å². The van der Waals surface area contributed by atoms with Crippen molar-refractivity contribution in [1.29, 1.82) is 0 Å². The van der Waals surface area contributed by atoms with E-state index in [-0.39, 0.29) is 24.8 Å². The van der Waals surface area contributed by atoms with E-state index in [1.54, 1.807) is 13.0 Å². The largest absolute Gasteiger partial charge is 0.466 e. The average Bonchev–Trinajstić information content (AvgIpc) is 2.35. The van der Waals surface area contributed by atoms with E-state index in [0.29, 0.717) is 18.8 Å². The van der Waals surface area contributed by atoms with Crippen molar-refractivity contribution in [2.45, 2.75) is 13.3 Å². The van der Waals surface area contributed by atoms with Crippen LogP contribution in [0.5, 0.6) is 0 Å². The van der Waals surface area contributed by atoms with Crippen molar-refractivity contribution in [3.05, 3.63) is 30.1 Å². The number of rotatable bonds is 7. The van der Waals surface area contributed by atoms with Crippen LogP contribution in [0.3, 0.4) is 0 Å². The number of carbonyl (C=O) groups excluding carboxylic acids is 2. The molecule has 1 aromatic carbocycles. The van der Waals surface area contributed by atoms with E-state index in [4.69, 9.17) is 4.74 Å². The SMILES string of the molecule is CCOC(=O)CCNCC(=O)Nc1cccc(F)c1. The van der Waals surface area contributed by atoms with Crippen LogP contribution in [0.15, 0.2) is 24.3 Å². The Labute approximate surface area is 111 Å². The number of halogens is 1. The van der Waals surface area contributed by atoms with Gasteiger partial charge in [-0.05, 0) is 25.1 Å². The van der Waals surface area contributed by atoms with Gasteiger partial charge >= 0.3 is 5.97 Å². The minimum atomic E-state index is -0.409. The maximum atomic E-state index is 12.9. The molecular formula is C13H17FN2O3. The molecule has 0 saturated heterocycles. The summed E-state index contributed by atoms with van der Waals surface area (Å²) in [6.07, 6.45) is 0.209. The van der Waals surface area contributed by atoms with Gasteiger partial charge in [-0.25, -0.2) is 4.39 Å². The van der Waals surface area contributed by atoms with E-state index in [9.17, 15) is 14.0 Å². The molecule has 0 aliphatic heterocycles. The normalized spacial score (nSPS) is 10.0. The number of nitrogens with one attached hydrogen (secondary N) is 2. The van der Waals surface area contributed by atoms with E-state index in [2.05, 4.69) is 10.6 Å². The van der Waals surface area contributed by atoms with Crippen molar-refractivity contribution in [1.82, 2.24) is 5.32 Å². The lowest BCUT2D eigenvalue weighted by Crippen LogP contribution is -2.29. The van der Waals surface area contributed by atoms with Gasteiger partial charge in [-0.2, -0.15) is 0 Å². The molecule has 2 N–H and O–H groups in total. The minimum Gasteiger partial charge on any atom is -0.466 e. The maximum Gasteiger partial charge on any atom is 0.307 e. The van der Waals surface area contributed by atoms with Crippen LogP contribution in [0.2, 0.25) is 0 Å². The van der Waals surface area contributed by atoms with E-state index in [0.717, 1.165) is 0 Å². The highest BCUT2D eigenvalue weighted by atomic mass is 19.1. The summed E-state index contributed by atoms with van der Waals surface area (Å²) in [7, 11) is 0. The van der Waals surface area contributed by atoms with Gasteiger partial charge in [0.25, 0.3) is 0 Å². The molecule has 0 aliphatic carbocycles. The molecule has 1 rings (SSSR count). The fraction of sp³-hybridized carbons (Fsp3) is 0.385. The third-order valence-electron chi connectivity index (χ3n) is 2.21. The molecule has 0 atom stereocenters. The van der Waals surface area contributed by atoms with Gasteiger partial charge in [0, 0.05) is 12.2 Å². The van der Waals surface area contributed by atoms with Gasteiger partial charge in [0.1, 0.15) is 5.82 Å². The van der Waals surface area contributed by atoms with Gasteiger partial charge < -0.3 is 15.4 Å². The number of hydrogen-bond donors (Lipinski definition) is 2. The van der Waals surface area contributed by atoms with Crippen molar-refractivity contribution in [3.8, 4) is 0 Å². The Morgan fingerprint density at radius 3 is 2.84 bits per heavy atom. The summed E-state index contributed by atoms with van der Waals surface area (Å²) in [6, 6.07) is 5.64. The molecule has 0 aromatic heterocycles. The Kier molecular flexibility index (Phi) is 6.52. The Morgan fingerprint density at radius 1 is 1.37 bits per heavy atom. The van der Waals surface area contributed by atoms with Gasteiger partial charge in [-0.1, -0.05) is 6.07 Å². The Hall–Kier alpha value is -1.95. The summed E-state index contributed by atoms with van der Waals surface area (Å²) in [5.41, 5.74) is 0.400. The van der Waals surface area contributed by atoms with Crippen LogP contribution in [-0.2, 0) is 14.3 Å². The fourth-order valence-corrected chi connectivity index (χ4v) is 1.40. The zero-order valence-corrected chi connectivity index (χ0v) is 10.7. The molecule has 1 amide bonds. The molecule has 1 aromatic rings. The second kappa shape index (κ2) is 8.20. The number of anilines is 1. The summed E-state index contributed by atoms with van der Waals surface area (Å²) in [5.74, 6) is -1.01. The molecule has 19 heavy (non-hydrogen) atoms. The first-order valence-electron chi connectivity index (χ1n) is 6.03. The first-order chi connectivity index (χ1) is 9.11. The molecule has 6 heteroatoms. The van der Waals surface area contributed by atoms with Gasteiger partial charge in [0.15, 0.2) is 0 Å². The number of carbonyl (C=O) groups is 2. The van der Waals surface area contributed by atoms with Crippen LogP contribution in [0.4, 0.5) is 10.1 Å². The van der Waals surface area contributed by atoms with Crippen LogP contribution >= 0.6 is 0 Å². The van der Waals surface area contributed by atoms with Crippen molar-refractivity contribution >= 4 is 17.6 Å². The summed E-state index contributed by atoms with van der Waals surface area (Å²) in [5, 5.41) is 5.34. The Morgan fingerprint density at radius 2 is 2.16 bits per heavy atom. The molecule has 0 saturated carbocycles. The lowest BCUT2D eigenvalue weighted by atomic mass is 10.3. The molecule has 0 fully saturated rings. The van der Waals surface area contributed by atoms with Gasteiger partial charge in [0.05, 0.1) is 19.6 Å². The monoisotopic (exact) mass is 268 g/mol. The predicted molar refractivity (Wildman–Crippen MR) is 69.1 cm³/mol. The van der Waals surface area contributed by atoms with Gasteiger partial charge in [-0.3, -0.25) is 9.59 Å². The molecule has 0 spiro atoms. The summed E-state index contributed by atoms with van der Waals surface area (Å²) in [6.45, 7) is 2.49. The summed E-state index contributed by atoms with van der Waals surface area (Å²) in [4.78, 5) is 22.5. The third kappa shape index (κ3) is 6.52. The Bertz CT molecular complexity index is 438. The van der Waals surface area contributed by atoms with Crippen LogP contribution in [0, 0.1) is 5.82 Å². The summed E-state index contributed by atoms with van der Waals surface area (Å²) >= 11 is 0. The van der Waals surface area contributed by atoms with E-state index >= 15 is 0 Å². The maximum absolute atomic E-state index is 12.9. The smallest absolute Gasteiger partial charge is 0.307 e. The Balaban J connectivity index is 2.20. The van der Waals surface area contributed by atoms with Gasteiger partial charge in [-0.15, -0.1) is 0 Å². The highest BCUT2D eigenvalue weighted by Gasteiger charge is 2.04. The first kappa shape index (κ1) is 15.1. The van der Waals surface area contributed by atoms with Crippen molar-refractivity contribution in [3.63, 3.8) is 0 Å². The number of esters is 1. The highest BCUT2D eigenvalue weighted by molar-refractivity contribution is 5.92. The van der Waals surface area contributed by atoms with Crippen molar-refractivity contribution in [2.24, 2.45) is 0 Å². The topological polar surface area (TPSA) is 67.4 Å². The quantitative estimate of drug-likeness (QED) is 0.578. The first-order valence-corrected chi connectivity index (χ1v) is 6.03. The molecule has 0 unspecified atom stereocenters. The van der Waals surface area contributed by atoms with E-state index in [1.807, 2.05) is 0 Å². The molecule has 0 heterocycles. The zero-order valence-electron chi connectivity index (χ0n) is 10.7. The molecule has 0 radical (unpaired) electrons. The minimum absolute atomic E-state index is 0.0515. The molecular weight excluding hydrogens is 251 g/mol. The number of amides is 1.